The smallest absolute Gasteiger partial charge is 0.216 e. The number of carbonyl (C=O) groups excluding carboxylic acids is 1. The van der Waals surface area contributed by atoms with Crippen LogP contribution in [0.4, 0.5) is 5.69 Å². The number of benzene rings is 1. The highest BCUT2D eigenvalue weighted by Gasteiger charge is 2.00. The molecule has 82 valence electrons. The fraction of sp³-hybridized carbons (Fsp3) is 0.300. The number of hydrogen-bond acceptors (Lipinski definition) is 2. The first-order valence-electron chi connectivity index (χ1n) is 4.53. The zero-order valence-corrected chi connectivity index (χ0v) is 9.82. The lowest BCUT2D eigenvalue weighted by atomic mass is 10.3. The highest BCUT2D eigenvalue weighted by Crippen LogP contribution is 2.24. The van der Waals surface area contributed by atoms with E-state index >= 15 is 0 Å². The lowest BCUT2D eigenvalue weighted by molar-refractivity contribution is -0.118. The topological polar surface area (TPSA) is 41.1 Å². The van der Waals surface area contributed by atoms with Crippen molar-refractivity contribution in [2.45, 2.75) is 6.92 Å². The van der Waals surface area contributed by atoms with Gasteiger partial charge < -0.3 is 10.6 Å². The molecule has 1 rings (SSSR count). The van der Waals surface area contributed by atoms with Gasteiger partial charge >= 0.3 is 0 Å². The molecule has 1 amide bonds. The summed E-state index contributed by atoms with van der Waals surface area (Å²) in [4.78, 5) is 10.6. The van der Waals surface area contributed by atoms with Gasteiger partial charge in [-0.25, -0.2) is 0 Å². The van der Waals surface area contributed by atoms with Crippen LogP contribution in [0.3, 0.4) is 0 Å². The van der Waals surface area contributed by atoms with Crippen molar-refractivity contribution < 1.29 is 4.79 Å². The van der Waals surface area contributed by atoms with E-state index in [9.17, 15) is 4.79 Å². The molecule has 0 bridgehead atoms. The minimum absolute atomic E-state index is 0.0472. The lowest BCUT2D eigenvalue weighted by Gasteiger charge is -2.08. The quantitative estimate of drug-likeness (QED) is 0.803. The van der Waals surface area contributed by atoms with Gasteiger partial charge in [0.15, 0.2) is 0 Å². The van der Waals surface area contributed by atoms with E-state index in [4.69, 9.17) is 23.2 Å². The highest BCUT2D eigenvalue weighted by molar-refractivity contribution is 6.35. The zero-order valence-electron chi connectivity index (χ0n) is 8.31. The molecule has 0 atom stereocenters. The van der Waals surface area contributed by atoms with E-state index in [0.29, 0.717) is 23.1 Å². The lowest BCUT2D eigenvalue weighted by Crippen LogP contribution is -2.26. The number of hydrogen-bond donors (Lipinski definition) is 2. The number of nitrogens with one attached hydrogen (secondary N) is 2. The first kappa shape index (κ1) is 12.1. The Morgan fingerprint density at radius 2 is 2.07 bits per heavy atom. The maximum absolute atomic E-state index is 10.6. The van der Waals surface area contributed by atoms with E-state index in [1.807, 2.05) is 0 Å². The van der Waals surface area contributed by atoms with Gasteiger partial charge in [0, 0.05) is 25.0 Å². The molecule has 3 nitrogen and oxygen atoms in total. The molecular weight excluding hydrogens is 235 g/mol. The van der Waals surface area contributed by atoms with Gasteiger partial charge in [0.1, 0.15) is 0 Å². The van der Waals surface area contributed by atoms with E-state index in [2.05, 4.69) is 10.6 Å². The van der Waals surface area contributed by atoms with E-state index in [1.165, 1.54) is 6.92 Å². The predicted molar refractivity (Wildman–Crippen MR) is 63.6 cm³/mol. The second kappa shape index (κ2) is 5.83. The van der Waals surface area contributed by atoms with Gasteiger partial charge in [-0.15, -0.1) is 0 Å². The molecule has 0 radical (unpaired) electrons. The molecular formula is C10H12Cl2N2O. The standard InChI is InChI=1S/C10H12Cl2N2O/c1-7(15)13-4-5-14-10-6-8(11)2-3-9(10)12/h2-3,6,14H,4-5H2,1H3,(H,13,15). The van der Waals surface area contributed by atoms with Crippen LogP contribution < -0.4 is 10.6 Å². The van der Waals surface area contributed by atoms with E-state index < -0.39 is 0 Å². The minimum Gasteiger partial charge on any atom is -0.382 e. The molecule has 0 aliphatic rings. The minimum atomic E-state index is -0.0472. The molecule has 0 heterocycles. The van der Waals surface area contributed by atoms with Gasteiger partial charge in [0.05, 0.1) is 10.7 Å². The van der Waals surface area contributed by atoms with Crippen LogP contribution in [0.25, 0.3) is 0 Å². The third kappa shape index (κ3) is 4.40. The molecule has 0 aliphatic carbocycles. The van der Waals surface area contributed by atoms with E-state index in [1.54, 1.807) is 18.2 Å². The molecule has 0 aromatic heterocycles. The number of halogens is 2. The molecule has 15 heavy (non-hydrogen) atoms. The average Bonchev–Trinajstić information content (AvgIpc) is 2.17. The van der Waals surface area contributed by atoms with Crippen LogP contribution in [0.2, 0.25) is 10.0 Å². The van der Waals surface area contributed by atoms with Crippen LogP contribution in [0, 0.1) is 0 Å². The summed E-state index contributed by atoms with van der Waals surface area (Å²) < 4.78 is 0. The first-order valence-corrected chi connectivity index (χ1v) is 5.28. The van der Waals surface area contributed by atoms with E-state index in [0.717, 1.165) is 5.69 Å². The average molecular weight is 247 g/mol. The van der Waals surface area contributed by atoms with Crippen LogP contribution in [0.15, 0.2) is 18.2 Å². The maximum atomic E-state index is 10.6. The molecule has 0 saturated heterocycles. The fourth-order valence-corrected chi connectivity index (χ4v) is 1.43. The monoisotopic (exact) mass is 246 g/mol. The Bertz CT molecular complexity index is 355. The Kier molecular flexibility index (Phi) is 4.72. The third-order valence-electron chi connectivity index (χ3n) is 1.74. The maximum Gasteiger partial charge on any atom is 0.216 e. The third-order valence-corrected chi connectivity index (χ3v) is 2.31. The van der Waals surface area contributed by atoms with Crippen LogP contribution in [-0.2, 0) is 4.79 Å². The molecule has 1 aromatic carbocycles. The van der Waals surface area contributed by atoms with Gasteiger partial charge in [-0.1, -0.05) is 23.2 Å². The molecule has 2 N–H and O–H groups in total. The summed E-state index contributed by atoms with van der Waals surface area (Å²) in [7, 11) is 0. The Morgan fingerprint density at radius 3 is 2.73 bits per heavy atom. The highest BCUT2D eigenvalue weighted by atomic mass is 35.5. The number of amides is 1. The summed E-state index contributed by atoms with van der Waals surface area (Å²) in [6.45, 7) is 2.64. The van der Waals surface area contributed by atoms with Crippen LogP contribution in [0.5, 0.6) is 0 Å². The predicted octanol–water partition coefficient (Wildman–Crippen LogP) is 2.54. The van der Waals surface area contributed by atoms with Gasteiger partial charge in [0.2, 0.25) is 5.91 Å². The molecule has 0 unspecified atom stereocenters. The fourth-order valence-electron chi connectivity index (χ4n) is 1.07. The normalized spacial score (nSPS) is 9.80. The zero-order chi connectivity index (χ0) is 11.3. The number of anilines is 1. The SMILES string of the molecule is CC(=O)NCCNc1cc(Cl)ccc1Cl. The van der Waals surface area contributed by atoms with Crippen molar-refractivity contribution in [1.29, 1.82) is 0 Å². The summed E-state index contributed by atoms with van der Waals surface area (Å²) in [5, 5.41) is 6.99. The van der Waals surface area contributed by atoms with Crippen molar-refractivity contribution in [2.75, 3.05) is 18.4 Å². The van der Waals surface area contributed by atoms with Crippen molar-refractivity contribution in [3.63, 3.8) is 0 Å². The molecule has 0 spiro atoms. The van der Waals surface area contributed by atoms with Crippen molar-refractivity contribution in [1.82, 2.24) is 5.32 Å². The number of carbonyl (C=O) groups is 1. The van der Waals surface area contributed by atoms with Crippen molar-refractivity contribution >= 4 is 34.8 Å². The van der Waals surface area contributed by atoms with E-state index in [-0.39, 0.29) is 5.91 Å². The Morgan fingerprint density at radius 1 is 1.33 bits per heavy atom. The number of rotatable bonds is 4. The summed E-state index contributed by atoms with van der Waals surface area (Å²) in [6.07, 6.45) is 0. The van der Waals surface area contributed by atoms with Crippen molar-refractivity contribution in [2.24, 2.45) is 0 Å². The largest absolute Gasteiger partial charge is 0.382 e. The second-order valence-electron chi connectivity index (χ2n) is 3.03. The van der Waals surface area contributed by atoms with Crippen molar-refractivity contribution in [3.8, 4) is 0 Å². The van der Waals surface area contributed by atoms with Crippen LogP contribution in [-0.4, -0.2) is 19.0 Å². The Balaban J connectivity index is 2.43. The molecule has 0 fully saturated rings. The van der Waals surface area contributed by atoms with Gasteiger partial charge in [-0.05, 0) is 18.2 Å². The van der Waals surface area contributed by atoms with Crippen molar-refractivity contribution in [3.05, 3.63) is 28.2 Å². The summed E-state index contributed by atoms with van der Waals surface area (Å²) in [5.41, 5.74) is 0.773. The van der Waals surface area contributed by atoms with Gasteiger partial charge in [-0.3, -0.25) is 4.79 Å². The second-order valence-corrected chi connectivity index (χ2v) is 3.88. The van der Waals surface area contributed by atoms with Crippen LogP contribution in [0.1, 0.15) is 6.92 Å². The summed E-state index contributed by atoms with van der Waals surface area (Å²) in [5.74, 6) is -0.0472. The summed E-state index contributed by atoms with van der Waals surface area (Å²) >= 11 is 11.7. The first-order chi connectivity index (χ1) is 7.09. The Labute approximate surface area is 98.8 Å². The summed E-state index contributed by atoms with van der Waals surface area (Å²) in [6, 6.07) is 5.20. The molecule has 0 aliphatic heterocycles. The molecule has 1 aromatic rings. The molecule has 5 heteroatoms. The Hall–Kier alpha value is -0.930. The van der Waals surface area contributed by atoms with Crippen LogP contribution >= 0.6 is 23.2 Å². The molecule has 0 saturated carbocycles. The van der Waals surface area contributed by atoms with Gasteiger partial charge in [-0.2, -0.15) is 0 Å². The van der Waals surface area contributed by atoms with Gasteiger partial charge in [0.25, 0.3) is 0 Å².